The van der Waals surface area contributed by atoms with Crippen LogP contribution in [-0.4, -0.2) is 23.3 Å². The van der Waals surface area contributed by atoms with Gasteiger partial charge in [-0.25, -0.2) is 4.39 Å². The van der Waals surface area contributed by atoms with Gasteiger partial charge in [-0.05, 0) is 12.8 Å². The SMILES string of the molecule is N[C@H]1C[C@H](C(=O)O)C[C@@H]1F. The largest absolute Gasteiger partial charge is 0.481 e. The minimum atomic E-state index is -1.12. The molecule has 0 amide bonds. The van der Waals surface area contributed by atoms with E-state index in [0.717, 1.165) is 0 Å². The Labute approximate surface area is 58.0 Å². The summed E-state index contributed by atoms with van der Waals surface area (Å²) in [4.78, 5) is 10.3. The average molecular weight is 147 g/mol. The fourth-order valence-corrected chi connectivity index (χ4v) is 1.22. The van der Waals surface area contributed by atoms with E-state index in [9.17, 15) is 9.18 Å². The van der Waals surface area contributed by atoms with Crippen LogP contribution < -0.4 is 5.73 Å². The van der Waals surface area contributed by atoms with Crippen LogP contribution in [0.5, 0.6) is 0 Å². The van der Waals surface area contributed by atoms with E-state index in [0.29, 0.717) is 0 Å². The first kappa shape index (κ1) is 7.47. The van der Waals surface area contributed by atoms with Gasteiger partial charge in [-0.3, -0.25) is 4.79 Å². The van der Waals surface area contributed by atoms with Gasteiger partial charge in [0.1, 0.15) is 6.17 Å². The molecule has 0 aromatic rings. The summed E-state index contributed by atoms with van der Waals surface area (Å²) in [5.74, 6) is -1.50. The summed E-state index contributed by atoms with van der Waals surface area (Å²) in [6.45, 7) is 0. The van der Waals surface area contributed by atoms with Gasteiger partial charge in [-0.15, -0.1) is 0 Å². The van der Waals surface area contributed by atoms with Crippen molar-refractivity contribution in [2.24, 2.45) is 11.7 Å². The molecule has 0 saturated heterocycles. The van der Waals surface area contributed by atoms with Gasteiger partial charge < -0.3 is 10.8 Å². The zero-order chi connectivity index (χ0) is 7.72. The topological polar surface area (TPSA) is 63.3 Å². The van der Waals surface area contributed by atoms with E-state index in [1.807, 2.05) is 0 Å². The molecule has 1 fully saturated rings. The predicted molar refractivity (Wildman–Crippen MR) is 33.2 cm³/mol. The number of halogens is 1. The van der Waals surface area contributed by atoms with E-state index in [2.05, 4.69) is 0 Å². The lowest BCUT2D eigenvalue weighted by Gasteiger charge is -2.01. The molecular weight excluding hydrogens is 137 g/mol. The number of carboxylic acids is 1. The van der Waals surface area contributed by atoms with Gasteiger partial charge in [0.2, 0.25) is 0 Å². The number of rotatable bonds is 1. The standard InChI is InChI=1S/C6H10FNO2/c7-4-1-3(6(9)10)2-5(4)8/h3-5H,1-2,8H2,(H,9,10)/t3-,4+,5+/m1/s1. The first-order valence-corrected chi connectivity index (χ1v) is 3.23. The second-order valence-corrected chi connectivity index (χ2v) is 2.69. The Balaban J connectivity index is 2.49. The molecule has 1 rings (SSSR count). The van der Waals surface area contributed by atoms with E-state index in [4.69, 9.17) is 10.8 Å². The second-order valence-electron chi connectivity index (χ2n) is 2.69. The summed E-state index contributed by atoms with van der Waals surface area (Å²) in [7, 11) is 0. The minimum Gasteiger partial charge on any atom is -0.481 e. The Hall–Kier alpha value is -0.640. The lowest BCUT2D eigenvalue weighted by Crippen LogP contribution is -2.25. The average Bonchev–Trinajstić information content (AvgIpc) is 2.13. The smallest absolute Gasteiger partial charge is 0.306 e. The Morgan fingerprint density at radius 2 is 2.20 bits per heavy atom. The van der Waals surface area contributed by atoms with Crippen molar-refractivity contribution in [3.05, 3.63) is 0 Å². The van der Waals surface area contributed by atoms with Crippen LogP contribution in [0.3, 0.4) is 0 Å². The van der Waals surface area contributed by atoms with E-state index >= 15 is 0 Å². The Bertz CT molecular complexity index is 141. The maximum Gasteiger partial charge on any atom is 0.306 e. The highest BCUT2D eigenvalue weighted by Crippen LogP contribution is 2.26. The van der Waals surface area contributed by atoms with Crippen LogP contribution >= 0.6 is 0 Å². The Morgan fingerprint density at radius 1 is 1.60 bits per heavy atom. The monoisotopic (exact) mass is 147 g/mol. The Morgan fingerprint density at radius 3 is 2.40 bits per heavy atom. The molecule has 58 valence electrons. The zero-order valence-corrected chi connectivity index (χ0v) is 5.46. The Kier molecular flexibility index (Phi) is 1.89. The van der Waals surface area contributed by atoms with Crippen molar-refractivity contribution in [3.8, 4) is 0 Å². The fourth-order valence-electron chi connectivity index (χ4n) is 1.22. The van der Waals surface area contributed by atoms with Crippen molar-refractivity contribution in [1.82, 2.24) is 0 Å². The van der Waals surface area contributed by atoms with Crippen molar-refractivity contribution >= 4 is 5.97 Å². The lowest BCUT2D eigenvalue weighted by molar-refractivity contribution is -0.141. The molecule has 0 heterocycles. The molecule has 10 heavy (non-hydrogen) atoms. The summed E-state index contributed by atoms with van der Waals surface area (Å²) in [5.41, 5.74) is 5.27. The van der Waals surface area contributed by atoms with Crippen LogP contribution in [0.1, 0.15) is 12.8 Å². The maximum atomic E-state index is 12.5. The quantitative estimate of drug-likeness (QED) is 0.554. The van der Waals surface area contributed by atoms with Crippen molar-refractivity contribution in [2.45, 2.75) is 25.1 Å². The summed E-state index contributed by atoms with van der Waals surface area (Å²) >= 11 is 0. The summed E-state index contributed by atoms with van der Waals surface area (Å²) < 4.78 is 12.5. The van der Waals surface area contributed by atoms with E-state index in [1.54, 1.807) is 0 Å². The summed E-state index contributed by atoms with van der Waals surface area (Å²) in [6.07, 6.45) is -0.770. The highest BCUT2D eigenvalue weighted by Gasteiger charge is 2.35. The predicted octanol–water partition coefficient (Wildman–Crippen LogP) is 0.146. The minimum absolute atomic E-state index is 0.0799. The third kappa shape index (κ3) is 1.26. The molecular formula is C6H10FNO2. The van der Waals surface area contributed by atoms with Crippen molar-refractivity contribution in [3.63, 3.8) is 0 Å². The second kappa shape index (κ2) is 2.54. The number of carboxylic acid groups (broad SMARTS) is 1. The molecule has 1 saturated carbocycles. The fraction of sp³-hybridized carbons (Fsp3) is 0.833. The molecule has 0 aromatic carbocycles. The van der Waals surface area contributed by atoms with E-state index < -0.39 is 24.1 Å². The third-order valence-electron chi connectivity index (χ3n) is 1.88. The number of nitrogens with two attached hydrogens (primary N) is 1. The number of carbonyl (C=O) groups is 1. The van der Waals surface area contributed by atoms with Crippen molar-refractivity contribution in [1.29, 1.82) is 0 Å². The third-order valence-corrected chi connectivity index (χ3v) is 1.88. The molecule has 3 nitrogen and oxygen atoms in total. The van der Waals surface area contributed by atoms with Gasteiger partial charge in [-0.2, -0.15) is 0 Å². The zero-order valence-electron chi connectivity index (χ0n) is 5.46. The van der Waals surface area contributed by atoms with Gasteiger partial charge in [0.05, 0.1) is 5.92 Å². The van der Waals surface area contributed by atoms with Crippen LogP contribution in [0.25, 0.3) is 0 Å². The molecule has 0 spiro atoms. The molecule has 0 aromatic heterocycles. The molecule has 3 atom stereocenters. The molecule has 1 aliphatic rings. The van der Waals surface area contributed by atoms with Crippen molar-refractivity contribution < 1.29 is 14.3 Å². The summed E-state index contributed by atoms with van der Waals surface area (Å²) in [5, 5.41) is 8.43. The van der Waals surface area contributed by atoms with Crippen LogP contribution in [-0.2, 0) is 4.79 Å². The van der Waals surface area contributed by atoms with Gasteiger partial charge in [-0.1, -0.05) is 0 Å². The molecule has 0 unspecified atom stereocenters. The van der Waals surface area contributed by atoms with Crippen LogP contribution in [0.4, 0.5) is 4.39 Å². The van der Waals surface area contributed by atoms with Crippen LogP contribution in [0.2, 0.25) is 0 Å². The van der Waals surface area contributed by atoms with Gasteiger partial charge in [0.15, 0.2) is 0 Å². The molecule has 0 bridgehead atoms. The molecule has 0 radical (unpaired) electrons. The number of alkyl halides is 1. The molecule has 1 aliphatic carbocycles. The highest BCUT2D eigenvalue weighted by atomic mass is 19.1. The number of hydrogen-bond acceptors (Lipinski definition) is 2. The molecule has 0 aliphatic heterocycles. The first-order chi connectivity index (χ1) is 4.61. The van der Waals surface area contributed by atoms with Crippen molar-refractivity contribution in [2.75, 3.05) is 0 Å². The number of hydrogen-bond donors (Lipinski definition) is 2. The molecule has 3 N–H and O–H groups in total. The van der Waals surface area contributed by atoms with E-state index in [-0.39, 0.29) is 12.8 Å². The highest BCUT2D eigenvalue weighted by molar-refractivity contribution is 5.70. The van der Waals surface area contributed by atoms with Crippen LogP contribution in [0, 0.1) is 5.92 Å². The van der Waals surface area contributed by atoms with Crippen LogP contribution in [0.15, 0.2) is 0 Å². The maximum absolute atomic E-state index is 12.5. The number of aliphatic carboxylic acids is 1. The van der Waals surface area contributed by atoms with Gasteiger partial charge in [0.25, 0.3) is 0 Å². The summed E-state index contributed by atoms with van der Waals surface area (Å²) in [6, 6.07) is -0.568. The van der Waals surface area contributed by atoms with Gasteiger partial charge >= 0.3 is 5.97 Å². The van der Waals surface area contributed by atoms with E-state index in [1.165, 1.54) is 0 Å². The normalized spacial score (nSPS) is 40.0. The first-order valence-electron chi connectivity index (χ1n) is 3.23. The molecule has 4 heteroatoms. The van der Waals surface area contributed by atoms with Gasteiger partial charge in [0, 0.05) is 6.04 Å². The lowest BCUT2D eigenvalue weighted by atomic mass is 10.1.